The van der Waals surface area contributed by atoms with Gasteiger partial charge in [-0.25, -0.2) is 4.79 Å². The van der Waals surface area contributed by atoms with Crippen molar-refractivity contribution in [3.05, 3.63) is 24.3 Å². The van der Waals surface area contributed by atoms with Gasteiger partial charge in [-0.1, -0.05) is 32.4 Å². The molecule has 1 aromatic carbocycles. The van der Waals surface area contributed by atoms with Crippen molar-refractivity contribution in [3.8, 4) is 5.75 Å². The smallest absolute Gasteiger partial charge is 0.319 e. The average Bonchev–Trinajstić information content (AvgIpc) is 2.49. The van der Waals surface area contributed by atoms with Gasteiger partial charge in [0.25, 0.3) is 0 Å². The Morgan fingerprint density at radius 2 is 2.05 bits per heavy atom. The zero-order valence-corrected chi connectivity index (χ0v) is 13.1. The van der Waals surface area contributed by atoms with Gasteiger partial charge >= 0.3 is 6.03 Å². The predicted octanol–water partition coefficient (Wildman–Crippen LogP) is 3.15. The molecule has 21 heavy (non-hydrogen) atoms. The predicted molar refractivity (Wildman–Crippen MR) is 84.8 cm³/mol. The van der Waals surface area contributed by atoms with E-state index in [1.165, 1.54) is 0 Å². The first kappa shape index (κ1) is 17.3. The van der Waals surface area contributed by atoms with E-state index in [-0.39, 0.29) is 12.6 Å². The highest BCUT2D eigenvalue weighted by molar-refractivity contribution is 5.91. The summed E-state index contributed by atoms with van der Waals surface area (Å²) in [5.41, 5.74) is 0.00439. The number of para-hydroxylation sites is 2. The molecule has 0 aliphatic rings. The fourth-order valence-electron chi connectivity index (χ4n) is 1.69. The molecule has 1 aromatic rings. The number of hydrogen-bond donors (Lipinski definition) is 3. The lowest BCUT2D eigenvalue weighted by molar-refractivity contribution is 0.172. The lowest BCUT2D eigenvalue weighted by atomic mass is 10.0. The van der Waals surface area contributed by atoms with Crippen LogP contribution in [0.2, 0.25) is 0 Å². The monoisotopic (exact) mass is 294 g/mol. The van der Waals surface area contributed by atoms with Crippen LogP contribution in [0.5, 0.6) is 5.75 Å². The first-order chi connectivity index (χ1) is 10.0. The largest absolute Gasteiger partial charge is 0.491 e. The maximum Gasteiger partial charge on any atom is 0.319 e. The Hall–Kier alpha value is -1.75. The van der Waals surface area contributed by atoms with Crippen molar-refractivity contribution < 1.29 is 14.6 Å². The highest BCUT2D eigenvalue weighted by atomic mass is 16.5. The van der Waals surface area contributed by atoms with Crippen molar-refractivity contribution in [1.82, 2.24) is 5.32 Å². The van der Waals surface area contributed by atoms with Gasteiger partial charge in [0.2, 0.25) is 0 Å². The number of nitrogens with one attached hydrogen (secondary N) is 2. The summed E-state index contributed by atoms with van der Waals surface area (Å²) in [6.07, 6.45) is 2.67. The summed E-state index contributed by atoms with van der Waals surface area (Å²) in [6.45, 7) is 6.33. The van der Waals surface area contributed by atoms with Crippen LogP contribution in [0.3, 0.4) is 0 Å². The molecule has 2 amide bonds. The Balaban J connectivity index is 2.67. The third-order valence-electron chi connectivity index (χ3n) is 3.44. The second kappa shape index (κ2) is 8.52. The van der Waals surface area contributed by atoms with Crippen LogP contribution in [0.1, 0.15) is 40.0 Å². The summed E-state index contributed by atoms with van der Waals surface area (Å²) in [6, 6.07) is 6.99. The summed E-state index contributed by atoms with van der Waals surface area (Å²) in [5.74, 6) is 0.656. The van der Waals surface area contributed by atoms with Crippen LogP contribution in [0.15, 0.2) is 24.3 Å². The molecule has 0 aliphatic heterocycles. The van der Waals surface area contributed by atoms with Crippen molar-refractivity contribution >= 4 is 11.7 Å². The molecule has 0 aliphatic carbocycles. The Kier molecular flexibility index (Phi) is 7.02. The molecule has 0 fully saturated rings. The number of aliphatic hydroxyl groups is 1. The Morgan fingerprint density at radius 1 is 1.33 bits per heavy atom. The first-order valence-electron chi connectivity index (χ1n) is 7.46. The van der Waals surface area contributed by atoms with E-state index in [0.29, 0.717) is 24.5 Å². The summed E-state index contributed by atoms with van der Waals surface area (Å²) in [5, 5.41) is 14.9. The molecule has 0 bridgehead atoms. The van der Waals surface area contributed by atoms with Gasteiger partial charge in [0.1, 0.15) is 5.75 Å². The highest BCUT2D eigenvalue weighted by Gasteiger charge is 2.23. The summed E-state index contributed by atoms with van der Waals surface area (Å²) in [7, 11) is 0. The van der Waals surface area contributed by atoms with Crippen molar-refractivity contribution in [3.63, 3.8) is 0 Å². The molecular weight excluding hydrogens is 268 g/mol. The number of urea groups is 1. The van der Waals surface area contributed by atoms with E-state index in [2.05, 4.69) is 17.6 Å². The van der Waals surface area contributed by atoms with Gasteiger partial charge in [0.05, 0.1) is 24.4 Å². The van der Waals surface area contributed by atoms with Gasteiger partial charge in [-0.3, -0.25) is 0 Å². The lowest BCUT2D eigenvalue weighted by Crippen LogP contribution is -2.50. The number of carbonyl (C=O) groups excluding carboxylic acids is 1. The van der Waals surface area contributed by atoms with Gasteiger partial charge in [0, 0.05) is 0 Å². The minimum absolute atomic E-state index is 0.106. The maximum atomic E-state index is 12.0. The maximum absolute atomic E-state index is 12.0. The summed E-state index contributed by atoms with van der Waals surface area (Å²) >= 11 is 0. The summed E-state index contributed by atoms with van der Waals surface area (Å²) in [4.78, 5) is 12.0. The fourth-order valence-corrected chi connectivity index (χ4v) is 1.69. The van der Waals surface area contributed by atoms with Crippen molar-refractivity contribution in [2.24, 2.45) is 0 Å². The number of hydrogen-bond acceptors (Lipinski definition) is 3. The minimum Gasteiger partial charge on any atom is -0.491 e. The van der Waals surface area contributed by atoms with E-state index in [4.69, 9.17) is 4.74 Å². The van der Waals surface area contributed by atoms with E-state index < -0.39 is 5.54 Å². The zero-order valence-electron chi connectivity index (χ0n) is 13.1. The zero-order chi connectivity index (χ0) is 15.7. The molecule has 0 radical (unpaired) electrons. The number of unbranched alkanes of at least 4 members (excludes halogenated alkanes) is 1. The molecule has 1 rings (SSSR count). The molecule has 1 atom stereocenters. The van der Waals surface area contributed by atoms with Crippen molar-refractivity contribution in [1.29, 1.82) is 0 Å². The van der Waals surface area contributed by atoms with Crippen LogP contribution in [-0.2, 0) is 0 Å². The molecule has 0 saturated carbocycles. The van der Waals surface area contributed by atoms with E-state index in [1.54, 1.807) is 13.0 Å². The number of aliphatic hydroxyl groups excluding tert-OH is 1. The molecule has 0 aromatic heterocycles. The normalized spacial score (nSPS) is 13.3. The van der Waals surface area contributed by atoms with Crippen LogP contribution in [0.4, 0.5) is 10.5 Å². The third kappa shape index (κ3) is 5.63. The molecule has 118 valence electrons. The third-order valence-corrected chi connectivity index (χ3v) is 3.44. The molecule has 3 N–H and O–H groups in total. The molecular formula is C16H26N2O3. The van der Waals surface area contributed by atoms with Gasteiger partial charge < -0.3 is 20.5 Å². The second-order valence-electron chi connectivity index (χ2n) is 5.35. The topological polar surface area (TPSA) is 70.6 Å². The van der Waals surface area contributed by atoms with E-state index in [9.17, 15) is 9.90 Å². The molecule has 5 nitrogen and oxygen atoms in total. The average molecular weight is 294 g/mol. The molecule has 0 heterocycles. The first-order valence-corrected chi connectivity index (χ1v) is 7.46. The Morgan fingerprint density at radius 3 is 2.67 bits per heavy atom. The van der Waals surface area contributed by atoms with Crippen molar-refractivity contribution in [2.45, 2.75) is 45.6 Å². The van der Waals surface area contributed by atoms with Crippen LogP contribution < -0.4 is 15.4 Å². The van der Waals surface area contributed by atoms with Gasteiger partial charge in [-0.05, 0) is 31.9 Å². The molecule has 0 saturated heterocycles. The van der Waals surface area contributed by atoms with Crippen LogP contribution in [-0.4, -0.2) is 29.9 Å². The number of ether oxygens (including phenoxy) is 1. The number of amides is 2. The fraction of sp³-hybridized carbons (Fsp3) is 0.562. The highest BCUT2D eigenvalue weighted by Crippen LogP contribution is 2.24. The second-order valence-corrected chi connectivity index (χ2v) is 5.35. The van der Waals surface area contributed by atoms with E-state index >= 15 is 0 Å². The molecule has 5 heteroatoms. The van der Waals surface area contributed by atoms with Crippen LogP contribution >= 0.6 is 0 Å². The molecule has 1 unspecified atom stereocenters. The standard InChI is InChI=1S/C16H26N2O3/c1-4-6-11-21-14-10-8-7-9-13(14)17-15(20)18-16(3,5-2)12-19/h7-10,19H,4-6,11-12H2,1-3H3,(H2,17,18,20). The van der Waals surface area contributed by atoms with Crippen LogP contribution in [0, 0.1) is 0 Å². The van der Waals surface area contributed by atoms with Gasteiger partial charge in [-0.15, -0.1) is 0 Å². The van der Waals surface area contributed by atoms with Crippen molar-refractivity contribution in [2.75, 3.05) is 18.5 Å². The van der Waals surface area contributed by atoms with Gasteiger partial charge in [-0.2, -0.15) is 0 Å². The van der Waals surface area contributed by atoms with Crippen LogP contribution in [0.25, 0.3) is 0 Å². The quantitative estimate of drug-likeness (QED) is 0.645. The van der Waals surface area contributed by atoms with E-state index in [0.717, 1.165) is 12.8 Å². The number of rotatable bonds is 8. The Bertz CT molecular complexity index is 445. The lowest BCUT2D eigenvalue weighted by Gasteiger charge is -2.27. The minimum atomic E-state index is -0.623. The summed E-state index contributed by atoms with van der Waals surface area (Å²) < 4.78 is 5.67. The Labute approximate surface area is 126 Å². The number of benzene rings is 1. The molecule has 0 spiro atoms. The van der Waals surface area contributed by atoms with Gasteiger partial charge in [0.15, 0.2) is 0 Å². The SMILES string of the molecule is CCCCOc1ccccc1NC(=O)NC(C)(CC)CO. The number of carbonyl (C=O) groups is 1. The number of anilines is 1. The van der Waals surface area contributed by atoms with E-state index in [1.807, 2.05) is 25.1 Å².